The first-order chi connectivity index (χ1) is 16.4. The third-order valence-electron chi connectivity index (χ3n) is 4.60. The number of hydrogen-bond acceptors (Lipinski definition) is 5. The van der Waals surface area contributed by atoms with E-state index in [9.17, 15) is 19.2 Å². The first-order valence-corrected chi connectivity index (χ1v) is 11.1. The molecule has 34 heavy (non-hydrogen) atoms. The number of halogens is 2. The van der Waals surface area contributed by atoms with E-state index in [0.717, 1.165) is 10.0 Å². The molecule has 0 atom stereocenters. The van der Waals surface area contributed by atoms with Crippen LogP contribution in [0.15, 0.2) is 76.8 Å². The van der Waals surface area contributed by atoms with Gasteiger partial charge >= 0.3 is 5.97 Å². The third kappa shape index (κ3) is 6.77. The van der Waals surface area contributed by atoms with Crippen molar-refractivity contribution in [2.24, 2.45) is 0 Å². The molecule has 1 amide bonds. The summed E-state index contributed by atoms with van der Waals surface area (Å²) in [4.78, 5) is 24.5. The van der Waals surface area contributed by atoms with Gasteiger partial charge in [0.2, 0.25) is 0 Å². The molecule has 0 saturated heterocycles. The molecular formula is C26H20BrFN2O4. The Hall–Kier alpha value is -3.96. The number of rotatable bonds is 8. The number of amides is 1. The van der Waals surface area contributed by atoms with Crippen molar-refractivity contribution in [3.8, 4) is 11.8 Å². The average Bonchev–Trinajstić information content (AvgIpc) is 2.83. The molecule has 0 unspecified atom stereocenters. The number of carbonyl (C=O) groups excluding carboxylic acids is 2. The monoisotopic (exact) mass is 522 g/mol. The highest BCUT2D eigenvalue weighted by Crippen LogP contribution is 2.27. The number of ether oxygens (including phenoxy) is 2. The van der Waals surface area contributed by atoms with Crippen LogP contribution in [0.3, 0.4) is 0 Å². The minimum Gasteiger partial charge on any atom is -0.488 e. The maximum Gasteiger partial charge on any atom is 0.338 e. The van der Waals surface area contributed by atoms with E-state index in [1.165, 1.54) is 30.3 Å². The summed E-state index contributed by atoms with van der Waals surface area (Å²) >= 11 is 3.38. The van der Waals surface area contributed by atoms with Crippen molar-refractivity contribution in [3.63, 3.8) is 0 Å². The molecule has 0 radical (unpaired) electrons. The van der Waals surface area contributed by atoms with Crippen LogP contribution in [0.2, 0.25) is 0 Å². The third-order valence-corrected chi connectivity index (χ3v) is 5.09. The van der Waals surface area contributed by atoms with Crippen LogP contribution in [0.25, 0.3) is 6.08 Å². The summed E-state index contributed by atoms with van der Waals surface area (Å²) in [6.07, 6.45) is 1.42. The molecule has 1 N–H and O–H groups in total. The Labute approximate surface area is 204 Å². The van der Waals surface area contributed by atoms with Crippen LogP contribution in [0.1, 0.15) is 28.4 Å². The SMILES string of the molecule is CCOC(=O)c1ccc(NC(=O)/C(C#N)=C/c2cc(Br)ccc2OCc2ccc(F)cc2)cc1. The fourth-order valence-corrected chi connectivity index (χ4v) is 3.29. The Kier molecular flexibility index (Phi) is 8.54. The molecule has 0 heterocycles. The molecule has 0 saturated carbocycles. The number of nitrogens with one attached hydrogen (secondary N) is 1. The van der Waals surface area contributed by atoms with Crippen LogP contribution in [0.5, 0.6) is 5.75 Å². The molecule has 0 aliphatic carbocycles. The predicted molar refractivity (Wildman–Crippen MR) is 129 cm³/mol. The van der Waals surface area contributed by atoms with Gasteiger partial charge in [-0.1, -0.05) is 28.1 Å². The summed E-state index contributed by atoms with van der Waals surface area (Å²) in [5, 5.41) is 12.2. The molecule has 3 aromatic rings. The van der Waals surface area contributed by atoms with Gasteiger partial charge in [0.1, 0.15) is 29.8 Å². The van der Waals surface area contributed by atoms with E-state index in [2.05, 4.69) is 21.2 Å². The van der Waals surface area contributed by atoms with Crippen molar-refractivity contribution in [1.82, 2.24) is 0 Å². The van der Waals surface area contributed by atoms with Crippen molar-refractivity contribution in [1.29, 1.82) is 5.26 Å². The van der Waals surface area contributed by atoms with E-state index < -0.39 is 11.9 Å². The summed E-state index contributed by atoms with van der Waals surface area (Å²) in [6, 6.07) is 19.2. The van der Waals surface area contributed by atoms with Crippen molar-refractivity contribution < 1.29 is 23.5 Å². The van der Waals surface area contributed by atoms with E-state index in [1.54, 1.807) is 49.4 Å². The van der Waals surface area contributed by atoms with Gasteiger partial charge in [-0.2, -0.15) is 5.26 Å². The van der Waals surface area contributed by atoms with Gasteiger partial charge in [-0.15, -0.1) is 0 Å². The quantitative estimate of drug-likeness (QED) is 0.226. The number of carbonyl (C=O) groups is 2. The standard InChI is InChI=1S/C26H20BrFN2O4/c1-2-33-26(32)18-5-10-23(11-6-18)30-25(31)20(15-29)13-19-14-21(27)7-12-24(19)34-16-17-3-8-22(28)9-4-17/h3-14H,2,16H2,1H3,(H,30,31)/b20-13+. The highest BCUT2D eigenvalue weighted by molar-refractivity contribution is 9.10. The van der Waals surface area contributed by atoms with Crippen LogP contribution < -0.4 is 10.1 Å². The summed E-state index contributed by atoms with van der Waals surface area (Å²) in [5.74, 6) is -0.959. The lowest BCUT2D eigenvalue weighted by Crippen LogP contribution is -2.14. The zero-order valence-electron chi connectivity index (χ0n) is 18.2. The zero-order chi connectivity index (χ0) is 24.5. The Morgan fingerprint density at radius 2 is 1.79 bits per heavy atom. The molecule has 0 aromatic heterocycles. The van der Waals surface area contributed by atoms with Gasteiger partial charge in [-0.3, -0.25) is 4.79 Å². The maximum absolute atomic E-state index is 13.1. The van der Waals surface area contributed by atoms with Gasteiger partial charge in [0.15, 0.2) is 0 Å². The Morgan fingerprint density at radius 3 is 2.44 bits per heavy atom. The molecular weight excluding hydrogens is 503 g/mol. The molecule has 0 spiro atoms. The zero-order valence-corrected chi connectivity index (χ0v) is 19.8. The van der Waals surface area contributed by atoms with E-state index in [-0.39, 0.29) is 24.6 Å². The Balaban J connectivity index is 1.76. The lowest BCUT2D eigenvalue weighted by atomic mass is 10.1. The molecule has 3 aromatic carbocycles. The second-order valence-corrected chi connectivity index (χ2v) is 7.93. The molecule has 6 nitrogen and oxygen atoms in total. The first-order valence-electron chi connectivity index (χ1n) is 10.3. The smallest absolute Gasteiger partial charge is 0.338 e. The highest BCUT2D eigenvalue weighted by Gasteiger charge is 2.13. The van der Waals surface area contributed by atoms with E-state index in [0.29, 0.717) is 22.6 Å². The Bertz CT molecular complexity index is 1250. The molecule has 0 fully saturated rings. The van der Waals surface area contributed by atoms with Gasteiger partial charge in [0, 0.05) is 15.7 Å². The Morgan fingerprint density at radius 1 is 1.09 bits per heavy atom. The number of anilines is 1. The molecule has 8 heteroatoms. The van der Waals surface area contributed by atoms with Gasteiger partial charge in [0.25, 0.3) is 5.91 Å². The average molecular weight is 523 g/mol. The highest BCUT2D eigenvalue weighted by atomic mass is 79.9. The fourth-order valence-electron chi connectivity index (χ4n) is 2.91. The van der Waals surface area contributed by atoms with E-state index in [4.69, 9.17) is 9.47 Å². The van der Waals surface area contributed by atoms with E-state index in [1.807, 2.05) is 6.07 Å². The van der Waals surface area contributed by atoms with Crippen LogP contribution in [0.4, 0.5) is 10.1 Å². The normalized spacial score (nSPS) is 10.8. The van der Waals surface area contributed by atoms with Gasteiger partial charge in [-0.25, -0.2) is 9.18 Å². The topological polar surface area (TPSA) is 88.4 Å². The maximum atomic E-state index is 13.1. The lowest BCUT2D eigenvalue weighted by molar-refractivity contribution is -0.112. The van der Waals surface area contributed by atoms with Crippen molar-refractivity contribution in [2.45, 2.75) is 13.5 Å². The summed E-state index contributed by atoms with van der Waals surface area (Å²) in [6.45, 7) is 2.16. The summed E-state index contributed by atoms with van der Waals surface area (Å²) in [7, 11) is 0. The fraction of sp³-hybridized carbons (Fsp3) is 0.115. The summed E-state index contributed by atoms with van der Waals surface area (Å²) in [5.41, 5.74) is 1.91. The van der Waals surface area contributed by atoms with E-state index >= 15 is 0 Å². The van der Waals surface area contributed by atoms with Crippen molar-refractivity contribution >= 4 is 39.6 Å². The number of hydrogen-bond donors (Lipinski definition) is 1. The summed E-state index contributed by atoms with van der Waals surface area (Å²) < 4.78 is 24.6. The molecule has 172 valence electrons. The molecule has 0 aliphatic heterocycles. The lowest BCUT2D eigenvalue weighted by Gasteiger charge is -2.11. The molecule has 3 rings (SSSR count). The largest absolute Gasteiger partial charge is 0.488 e. The first kappa shape index (κ1) is 24.7. The van der Waals surface area contributed by atoms with Gasteiger partial charge < -0.3 is 14.8 Å². The number of nitrogens with zero attached hydrogens (tertiary/aromatic N) is 1. The van der Waals surface area contributed by atoms with Gasteiger partial charge in [0.05, 0.1) is 12.2 Å². The van der Waals surface area contributed by atoms with Crippen LogP contribution in [-0.4, -0.2) is 18.5 Å². The number of benzene rings is 3. The van der Waals surface area contributed by atoms with Crippen LogP contribution >= 0.6 is 15.9 Å². The molecule has 0 bridgehead atoms. The van der Waals surface area contributed by atoms with Crippen molar-refractivity contribution in [2.75, 3.05) is 11.9 Å². The number of esters is 1. The van der Waals surface area contributed by atoms with Crippen LogP contribution in [0, 0.1) is 17.1 Å². The second kappa shape index (κ2) is 11.8. The van der Waals surface area contributed by atoms with Crippen molar-refractivity contribution in [3.05, 3.63) is 99.3 Å². The predicted octanol–water partition coefficient (Wildman–Crippen LogP) is 5.89. The minimum atomic E-state index is -0.615. The van der Waals surface area contributed by atoms with Gasteiger partial charge in [-0.05, 0) is 73.2 Å². The minimum absolute atomic E-state index is 0.140. The van der Waals surface area contributed by atoms with Crippen LogP contribution in [-0.2, 0) is 16.1 Å². The second-order valence-electron chi connectivity index (χ2n) is 7.02. The molecule has 0 aliphatic rings. The number of nitriles is 1.